The van der Waals surface area contributed by atoms with Gasteiger partial charge in [0.15, 0.2) is 0 Å². The zero-order chi connectivity index (χ0) is 12.4. The van der Waals surface area contributed by atoms with E-state index in [0.717, 1.165) is 10.0 Å². The van der Waals surface area contributed by atoms with Gasteiger partial charge in [-0.15, -0.1) is 0 Å². The van der Waals surface area contributed by atoms with Crippen LogP contribution in [0.15, 0.2) is 34.9 Å². The van der Waals surface area contributed by atoms with Gasteiger partial charge in [0, 0.05) is 11.0 Å². The van der Waals surface area contributed by atoms with Crippen molar-refractivity contribution in [3.05, 3.63) is 51.2 Å². The molecule has 0 saturated carbocycles. The highest BCUT2D eigenvalue weighted by Crippen LogP contribution is 2.28. The van der Waals surface area contributed by atoms with Crippen LogP contribution in [-0.4, -0.2) is 14.9 Å². The highest BCUT2D eigenvalue weighted by molar-refractivity contribution is 9.10. The zero-order valence-electron chi connectivity index (χ0n) is 9.27. The van der Waals surface area contributed by atoms with Gasteiger partial charge in [-0.25, -0.2) is 0 Å². The first kappa shape index (κ1) is 12.6. The lowest BCUT2D eigenvalue weighted by molar-refractivity contribution is 0.208. The summed E-state index contributed by atoms with van der Waals surface area (Å²) in [5.74, 6) is 0. The Morgan fingerprint density at radius 1 is 1.41 bits per heavy atom. The molecule has 0 amide bonds. The molecule has 1 unspecified atom stereocenters. The van der Waals surface area contributed by atoms with E-state index in [1.165, 1.54) is 0 Å². The van der Waals surface area contributed by atoms with Crippen LogP contribution in [0.1, 0.15) is 24.3 Å². The third kappa shape index (κ3) is 2.54. The van der Waals surface area contributed by atoms with Crippen LogP contribution in [0, 0.1) is 0 Å². The van der Waals surface area contributed by atoms with E-state index in [1.807, 2.05) is 31.2 Å². The summed E-state index contributed by atoms with van der Waals surface area (Å²) in [7, 11) is 0. The summed E-state index contributed by atoms with van der Waals surface area (Å²) < 4.78 is 2.68. The van der Waals surface area contributed by atoms with Gasteiger partial charge in [-0.3, -0.25) is 4.68 Å². The summed E-state index contributed by atoms with van der Waals surface area (Å²) in [5.41, 5.74) is 1.43. The summed E-state index contributed by atoms with van der Waals surface area (Å²) in [6.45, 7) is 2.64. The predicted molar refractivity (Wildman–Crippen MR) is 71.1 cm³/mol. The van der Waals surface area contributed by atoms with Gasteiger partial charge in [-0.1, -0.05) is 39.7 Å². The Hall–Kier alpha value is -0.840. The van der Waals surface area contributed by atoms with Crippen molar-refractivity contribution >= 4 is 27.5 Å². The first-order valence-corrected chi connectivity index (χ1v) is 6.45. The summed E-state index contributed by atoms with van der Waals surface area (Å²) in [4.78, 5) is 0. The number of aliphatic hydroxyl groups excluding tert-OH is 1. The molecule has 1 atom stereocenters. The average molecular weight is 316 g/mol. The molecule has 2 aromatic rings. The third-order valence-electron chi connectivity index (χ3n) is 2.58. The topological polar surface area (TPSA) is 38.0 Å². The lowest BCUT2D eigenvalue weighted by atomic mass is 10.1. The second-order valence-corrected chi connectivity index (χ2v) is 4.97. The standard InChI is InChI=1S/C12H12BrClN2O/c1-2-16-11(10(14)7-15-16)12(17)8-3-5-9(13)6-4-8/h3-7,12,17H,2H2,1H3. The minimum atomic E-state index is -0.752. The zero-order valence-corrected chi connectivity index (χ0v) is 11.6. The molecule has 3 nitrogen and oxygen atoms in total. The molecule has 2 rings (SSSR count). The van der Waals surface area contributed by atoms with Crippen LogP contribution in [0.25, 0.3) is 0 Å². The molecule has 1 N–H and O–H groups in total. The van der Waals surface area contributed by atoms with Crippen molar-refractivity contribution in [2.45, 2.75) is 19.6 Å². The fourth-order valence-corrected chi connectivity index (χ4v) is 2.21. The van der Waals surface area contributed by atoms with E-state index in [-0.39, 0.29) is 0 Å². The Morgan fingerprint density at radius 2 is 2.06 bits per heavy atom. The molecular formula is C12H12BrClN2O. The van der Waals surface area contributed by atoms with Gasteiger partial charge < -0.3 is 5.11 Å². The second kappa shape index (κ2) is 5.21. The Balaban J connectivity index is 2.39. The van der Waals surface area contributed by atoms with E-state index in [1.54, 1.807) is 10.9 Å². The van der Waals surface area contributed by atoms with Crippen LogP contribution in [0.2, 0.25) is 5.02 Å². The highest BCUT2D eigenvalue weighted by Gasteiger charge is 2.19. The van der Waals surface area contributed by atoms with E-state index in [4.69, 9.17) is 11.6 Å². The van der Waals surface area contributed by atoms with Crippen molar-refractivity contribution in [1.82, 2.24) is 9.78 Å². The molecule has 0 saturated heterocycles. The highest BCUT2D eigenvalue weighted by atomic mass is 79.9. The maximum absolute atomic E-state index is 10.3. The molecule has 5 heteroatoms. The maximum atomic E-state index is 10.3. The van der Waals surface area contributed by atoms with Gasteiger partial charge in [-0.2, -0.15) is 5.10 Å². The van der Waals surface area contributed by atoms with Gasteiger partial charge in [-0.05, 0) is 24.6 Å². The first-order valence-electron chi connectivity index (χ1n) is 5.28. The molecular weight excluding hydrogens is 304 g/mol. The molecule has 1 heterocycles. The number of hydrogen-bond acceptors (Lipinski definition) is 2. The van der Waals surface area contributed by atoms with E-state index < -0.39 is 6.10 Å². The number of aromatic nitrogens is 2. The summed E-state index contributed by atoms with van der Waals surface area (Å²) >= 11 is 9.41. The molecule has 1 aromatic carbocycles. The van der Waals surface area contributed by atoms with Gasteiger partial charge in [0.2, 0.25) is 0 Å². The monoisotopic (exact) mass is 314 g/mol. The van der Waals surface area contributed by atoms with Crippen molar-refractivity contribution in [2.24, 2.45) is 0 Å². The molecule has 0 spiro atoms. The van der Waals surface area contributed by atoms with Crippen molar-refractivity contribution in [1.29, 1.82) is 0 Å². The second-order valence-electron chi connectivity index (χ2n) is 3.65. The quantitative estimate of drug-likeness (QED) is 0.942. The average Bonchev–Trinajstić information content (AvgIpc) is 2.70. The molecule has 1 aromatic heterocycles. The van der Waals surface area contributed by atoms with E-state index in [0.29, 0.717) is 17.3 Å². The number of nitrogens with zero attached hydrogens (tertiary/aromatic N) is 2. The van der Waals surface area contributed by atoms with Gasteiger partial charge in [0.25, 0.3) is 0 Å². The van der Waals surface area contributed by atoms with Gasteiger partial charge >= 0.3 is 0 Å². The molecule has 0 aliphatic carbocycles. The fourth-order valence-electron chi connectivity index (χ4n) is 1.70. The van der Waals surface area contributed by atoms with Crippen molar-refractivity contribution in [3.8, 4) is 0 Å². The number of halogens is 2. The largest absolute Gasteiger partial charge is 0.382 e. The Labute approximate surface area is 113 Å². The lowest BCUT2D eigenvalue weighted by Gasteiger charge is -2.13. The van der Waals surface area contributed by atoms with Crippen LogP contribution in [0.4, 0.5) is 0 Å². The number of benzene rings is 1. The molecule has 0 aliphatic rings. The Kier molecular flexibility index (Phi) is 3.86. The van der Waals surface area contributed by atoms with E-state index in [9.17, 15) is 5.11 Å². The van der Waals surface area contributed by atoms with Crippen molar-refractivity contribution in [2.75, 3.05) is 0 Å². The molecule has 0 aliphatic heterocycles. The minimum absolute atomic E-state index is 0.488. The van der Waals surface area contributed by atoms with E-state index >= 15 is 0 Å². The van der Waals surface area contributed by atoms with Crippen LogP contribution < -0.4 is 0 Å². The van der Waals surface area contributed by atoms with Crippen LogP contribution in [-0.2, 0) is 6.54 Å². The summed E-state index contributed by atoms with van der Waals surface area (Å²) in [5, 5.41) is 14.9. The Bertz CT molecular complexity index is 510. The lowest BCUT2D eigenvalue weighted by Crippen LogP contribution is -2.09. The Morgan fingerprint density at radius 3 is 2.65 bits per heavy atom. The predicted octanol–water partition coefficient (Wildman–Crippen LogP) is 3.40. The maximum Gasteiger partial charge on any atom is 0.122 e. The minimum Gasteiger partial charge on any atom is -0.382 e. The third-order valence-corrected chi connectivity index (χ3v) is 3.40. The SMILES string of the molecule is CCn1ncc(Cl)c1C(O)c1ccc(Br)cc1. The number of aliphatic hydroxyl groups is 1. The van der Waals surface area contributed by atoms with Crippen LogP contribution in [0.3, 0.4) is 0 Å². The normalized spacial score (nSPS) is 12.7. The van der Waals surface area contributed by atoms with Crippen molar-refractivity contribution in [3.63, 3.8) is 0 Å². The van der Waals surface area contributed by atoms with Crippen LogP contribution in [0.5, 0.6) is 0 Å². The van der Waals surface area contributed by atoms with Gasteiger partial charge in [0.1, 0.15) is 6.10 Å². The van der Waals surface area contributed by atoms with Crippen molar-refractivity contribution < 1.29 is 5.11 Å². The first-order chi connectivity index (χ1) is 8.13. The summed E-state index contributed by atoms with van der Waals surface area (Å²) in [6.07, 6.45) is 0.806. The molecule has 0 fully saturated rings. The van der Waals surface area contributed by atoms with E-state index in [2.05, 4.69) is 21.0 Å². The molecule has 0 bridgehead atoms. The van der Waals surface area contributed by atoms with Crippen LogP contribution >= 0.6 is 27.5 Å². The molecule has 0 radical (unpaired) electrons. The number of hydrogen-bond donors (Lipinski definition) is 1. The van der Waals surface area contributed by atoms with Gasteiger partial charge in [0.05, 0.1) is 16.9 Å². The smallest absolute Gasteiger partial charge is 0.122 e. The fraction of sp³-hybridized carbons (Fsp3) is 0.250. The number of rotatable bonds is 3. The molecule has 90 valence electrons. The summed E-state index contributed by atoms with van der Waals surface area (Å²) in [6, 6.07) is 7.49. The number of aryl methyl sites for hydroxylation is 1. The molecule has 17 heavy (non-hydrogen) atoms.